The summed E-state index contributed by atoms with van der Waals surface area (Å²) in [6, 6.07) is 6.65. The van der Waals surface area contributed by atoms with Crippen molar-refractivity contribution in [2.45, 2.75) is 24.4 Å². The number of benzene rings is 1. The van der Waals surface area contributed by atoms with Gasteiger partial charge in [0.1, 0.15) is 48.8 Å². The third kappa shape index (κ3) is 8.54. The van der Waals surface area contributed by atoms with E-state index in [1.807, 2.05) is 0 Å². The predicted molar refractivity (Wildman–Crippen MR) is 153 cm³/mol. The average molecular weight is 673 g/mol. The first-order valence-electron chi connectivity index (χ1n) is 12.6. The van der Waals surface area contributed by atoms with Gasteiger partial charge in [0.05, 0.1) is 0 Å². The molecule has 3 atom stereocenters. The Hall–Kier alpha value is -4.56. The summed E-state index contributed by atoms with van der Waals surface area (Å²) in [5, 5.41) is 13.6. The fourth-order valence-corrected chi connectivity index (χ4v) is 5.38. The molecular formula is C24H22F2N6O11S2. The number of anilines is 1. The molecule has 0 radical (unpaired) electrons. The van der Waals surface area contributed by atoms with Gasteiger partial charge in [-0.05, 0) is 29.8 Å². The van der Waals surface area contributed by atoms with Crippen molar-refractivity contribution >= 4 is 56.4 Å². The molecule has 17 nitrogen and oxygen atoms in total. The summed E-state index contributed by atoms with van der Waals surface area (Å²) in [5.41, 5.74) is 11.7. The predicted octanol–water partition coefficient (Wildman–Crippen LogP) is 3.52. The highest BCUT2D eigenvalue weighted by Gasteiger charge is 2.60. The van der Waals surface area contributed by atoms with Crippen LogP contribution in [0.5, 0.6) is 5.75 Å². The van der Waals surface area contributed by atoms with Gasteiger partial charge in [0, 0.05) is 34.1 Å². The number of aromatic nitrogens is 2. The number of nitrogens with zero attached hydrogens (tertiary/aromatic N) is 5. The molecule has 1 aliphatic rings. The number of aliphatic hydroxyl groups is 1. The number of hydrogen-bond acceptors (Lipinski definition) is 16. The molecule has 0 aliphatic carbocycles. The van der Waals surface area contributed by atoms with E-state index in [1.54, 1.807) is 0 Å². The first kappa shape index (κ1) is 33.3. The SMILES string of the molecule is [N-]=[N+]=Nc1cc2ccc(OC(=O)OCCSSCCOC(=O)OC[C@H]3O[C@@H](n4ccc(N)nc4=O)C(F)(F)[C@@H]3O)cc2oc1=O. The molecule has 0 amide bonds. The van der Waals surface area contributed by atoms with E-state index in [1.165, 1.54) is 45.9 Å². The minimum Gasteiger partial charge on any atom is -0.433 e. The maximum atomic E-state index is 14.5. The number of azide groups is 1. The maximum Gasteiger partial charge on any atom is 0.513 e. The van der Waals surface area contributed by atoms with E-state index in [2.05, 4.69) is 15.0 Å². The Morgan fingerprint density at radius 1 is 1.13 bits per heavy atom. The quantitative estimate of drug-likeness (QED) is 0.0409. The number of hydrogen-bond donors (Lipinski definition) is 2. The number of fused-ring (bicyclic) bond motifs is 1. The van der Waals surface area contributed by atoms with Crippen LogP contribution in [-0.4, -0.2) is 76.4 Å². The van der Waals surface area contributed by atoms with Crippen LogP contribution >= 0.6 is 21.6 Å². The normalized spacial score (nSPS) is 18.6. The zero-order valence-corrected chi connectivity index (χ0v) is 24.3. The number of aliphatic hydroxyl groups excluding tert-OH is 1. The van der Waals surface area contributed by atoms with Gasteiger partial charge in [-0.25, -0.2) is 19.2 Å². The lowest BCUT2D eigenvalue weighted by atomic mass is 10.1. The van der Waals surface area contributed by atoms with Crippen LogP contribution in [0.4, 0.5) is 29.9 Å². The van der Waals surface area contributed by atoms with Crippen LogP contribution in [0.1, 0.15) is 6.23 Å². The summed E-state index contributed by atoms with van der Waals surface area (Å²) in [5.74, 6) is -3.39. The van der Waals surface area contributed by atoms with Crippen molar-refractivity contribution in [3.8, 4) is 5.75 Å². The van der Waals surface area contributed by atoms with Gasteiger partial charge in [-0.1, -0.05) is 26.7 Å². The highest BCUT2D eigenvalue weighted by Crippen LogP contribution is 2.42. The molecule has 1 fully saturated rings. The van der Waals surface area contributed by atoms with Crippen molar-refractivity contribution in [2.75, 3.05) is 37.1 Å². The molecule has 45 heavy (non-hydrogen) atoms. The average Bonchev–Trinajstić information content (AvgIpc) is 3.21. The van der Waals surface area contributed by atoms with Crippen molar-refractivity contribution in [1.82, 2.24) is 9.55 Å². The summed E-state index contributed by atoms with van der Waals surface area (Å²) >= 11 is 0. The summed E-state index contributed by atoms with van der Waals surface area (Å²) in [6.45, 7) is -0.905. The molecule has 0 saturated carbocycles. The first-order chi connectivity index (χ1) is 21.5. The molecule has 1 aromatic carbocycles. The number of carbonyl (C=O) groups excluding carboxylic acids is 2. The van der Waals surface area contributed by atoms with E-state index >= 15 is 0 Å². The fourth-order valence-electron chi connectivity index (χ4n) is 3.73. The van der Waals surface area contributed by atoms with Crippen molar-refractivity contribution in [3.63, 3.8) is 0 Å². The van der Waals surface area contributed by atoms with E-state index in [0.717, 1.165) is 12.3 Å². The lowest BCUT2D eigenvalue weighted by molar-refractivity contribution is -0.141. The Morgan fingerprint density at radius 3 is 2.53 bits per heavy atom. The minimum atomic E-state index is -3.90. The smallest absolute Gasteiger partial charge is 0.433 e. The highest BCUT2D eigenvalue weighted by molar-refractivity contribution is 8.76. The van der Waals surface area contributed by atoms with Crippen molar-refractivity contribution < 1.29 is 51.6 Å². The number of rotatable bonds is 12. The number of carbonyl (C=O) groups is 2. The van der Waals surface area contributed by atoms with Gasteiger partial charge in [-0.2, -0.15) is 13.8 Å². The standard InChI is InChI=1S/C24H22F2N6O11S2/c25-24(26)18(33)16(43-20(24)32-4-3-17(27)29-21(32)35)11-40-22(36)38-5-7-44-45-8-6-39-23(37)41-13-2-1-12-9-14(30-31-28)19(34)42-15(12)10-13/h1-4,9-10,16,18,20,33H,5-8,11H2,(H2,27,29,35)/t16-,18-,20-/m1/s1. The van der Waals surface area contributed by atoms with E-state index in [4.69, 9.17) is 39.4 Å². The van der Waals surface area contributed by atoms with E-state index < -0.39 is 54.6 Å². The number of nitrogens with two attached hydrogens (primary N) is 1. The molecule has 1 aliphatic heterocycles. The molecule has 2 aromatic heterocycles. The molecule has 21 heteroatoms. The minimum absolute atomic E-state index is 0.0223. The lowest BCUT2D eigenvalue weighted by Gasteiger charge is -2.20. The molecule has 0 unspecified atom stereocenters. The zero-order valence-electron chi connectivity index (χ0n) is 22.6. The van der Waals surface area contributed by atoms with Gasteiger partial charge in [0.25, 0.3) is 0 Å². The van der Waals surface area contributed by atoms with Crippen LogP contribution in [0, 0.1) is 0 Å². The number of halogens is 2. The number of ether oxygens (including phenoxy) is 5. The third-order valence-corrected chi connectivity index (χ3v) is 8.08. The topological polar surface area (TPSA) is 240 Å². The second-order valence-electron chi connectivity index (χ2n) is 8.75. The Bertz CT molecular complexity index is 1720. The monoisotopic (exact) mass is 672 g/mol. The molecule has 0 spiro atoms. The van der Waals surface area contributed by atoms with E-state index in [-0.39, 0.29) is 36.1 Å². The maximum absolute atomic E-state index is 14.5. The largest absolute Gasteiger partial charge is 0.513 e. The third-order valence-electron chi connectivity index (χ3n) is 5.75. The van der Waals surface area contributed by atoms with Crippen LogP contribution in [0.25, 0.3) is 21.4 Å². The van der Waals surface area contributed by atoms with Gasteiger partial charge >= 0.3 is 29.5 Å². The van der Waals surface area contributed by atoms with Crippen LogP contribution in [0.2, 0.25) is 0 Å². The molecule has 3 aromatic rings. The second-order valence-corrected chi connectivity index (χ2v) is 11.5. The van der Waals surface area contributed by atoms with Crippen LogP contribution in [0.3, 0.4) is 0 Å². The molecule has 0 bridgehead atoms. The first-order valence-corrected chi connectivity index (χ1v) is 15.1. The molecule has 3 N–H and O–H groups in total. The lowest BCUT2D eigenvalue weighted by Crippen LogP contribution is -2.42. The van der Waals surface area contributed by atoms with Crippen molar-refractivity contribution in [3.05, 3.63) is 67.9 Å². The molecular weight excluding hydrogens is 650 g/mol. The molecule has 240 valence electrons. The van der Waals surface area contributed by atoms with E-state index in [0.29, 0.717) is 21.5 Å². The second kappa shape index (κ2) is 14.9. The van der Waals surface area contributed by atoms with E-state index in [9.17, 15) is 33.1 Å². The zero-order chi connectivity index (χ0) is 32.6. The highest BCUT2D eigenvalue weighted by atomic mass is 33.1. The number of nitrogen functional groups attached to an aromatic ring is 1. The molecule has 1 saturated heterocycles. The van der Waals surface area contributed by atoms with Crippen LogP contribution in [-0.2, 0) is 18.9 Å². The van der Waals surface area contributed by atoms with Crippen LogP contribution < -0.4 is 21.8 Å². The summed E-state index contributed by atoms with van der Waals surface area (Å²) in [6.07, 6.45) is -7.48. The van der Waals surface area contributed by atoms with Crippen molar-refractivity contribution in [1.29, 1.82) is 0 Å². The fraction of sp³-hybridized carbons (Fsp3) is 0.375. The van der Waals surface area contributed by atoms with Crippen molar-refractivity contribution in [2.24, 2.45) is 5.11 Å². The number of alkyl halides is 2. The Labute approximate surface area is 257 Å². The molecule has 3 heterocycles. The Balaban J connectivity index is 1.09. The van der Waals surface area contributed by atoms with Gasteiger partial charge < -0.3 is 38.9 Å². The van der Waals surface area contributed by atoms with Gasteiger partial charge in [-0.15, -0.1) is 0 Å². The molecule has 4 rings (SSSR count). The summed E-state index contributed by atoms with van der Waals surface area (Å²) < 4.78 is 59.3. The van der Waals surface area contributed by atoms with Gasteiger partial charge in [0.15, 0.2) is 6.10 Å². The Kier molecular flexibility index (Phi) is 11.1. The van der Waals surface area contributed by atoms with Gasteiger partial charge in [0.2, 0.25) is 6.23 Å². The van der Waals surface area contributed by atoms with Gasteiger partial charge in [-0.3, -0.25) is 4.57 Å². The Morgan fingerprint density at radius 2 is 1.84 bits per heavy atom. The summed E-state index contributed by atoms with van der Waals surface area (Å²) in [7, 11) is 2.56. The van der Waals surface area contributed by atoms with Crippen LogP contribution in [0.15, 0.2) is 55.6 Å². The summed E-state index contributed by atoms with van der Waals surface area (Å²) in [4.78, 5) is 53.3.